The molecule has 0 aliphatic rings. The molecule has 2 nitrogen and oxygen atoms in total. The van der Waals surface area contributed by atoms with E-state index in [0.717, 1.165) is 10.3 Å². The van der Waals surface area contributed by atoms with Crippen LogP contribution in [-0.4, -0.2) is 5.21 Å². The summed E-state index contributed by atoms with van der Waals surface area (Å²) in [7, 11) is 0. The number of nitrogens with zero attached hydrogens (tertiary/aromatic N) is 1. The molecule has 0 aliphatic heterocycles. The average Bonchev–Trinajstić information content (AvgIpc) is 1.88. The first-order chi connectivity index (χ1) is 4.74. The number of aryl methyl sites for hydroxylation is 1. The third kappa shape index (κ3) is 1.39. The minimum absolute atomic E-state index is 0.330. The highest BCUT2D eigenvalue weighted by Gasteiger charge is 2.06. The van der Waals surface area contributed by atoms with E-state index < -0.39 is 0 Å². The summed E-state index contributed by atoms with van der Waals surface area (Å²) in [6.07, 6.45) is 1.62. The van der Waals surface area contributed by atoms with Crippen LogP contribution in [0.2, 0.25) is 0 Å². The van der Waals surface area contributed by atoms with E-state index in [2.05, 4.69) is 0 Å². The molecule has 0 fully saturated rings. The maximum atomic E-state index is 9.12. The molecule has 1 aromatic rings. The molecule has 1 rings (SSSR count). The van der Waals surface area contributed by atoms with Gasteiger partial charge in [0.2, 0.25) is 11.9 Å². The lowest BCUT2D eigenvalue weighted by atomic mass is 10.3. The molecule has 0 atom stereocenters. The molecule has 0 unspecified atom stereocenters. The second-order valence-electron chi connectivity index (χ2n) is 2.18. The van der Waals surface area contributed by atoms with Crippen LogP contribution in [0.4, 0.5) is 0 Å². The summed E-state index contributed by atoms with van der Waals surface area (Å²) in [6.45, 7) is 1.91. The lowest BCUT2D eigenvalue weighted by molar-refractivity contribution is -0.909. The van der Waals surface area contributed by atoms with Crippen LogP contribution in [0.15, 0.2) is 18.3 Å². The summed E-state index contributed by atoms with van der Waals surface area (Å²) in [4.78, 5) is 0. The van der Waals surface area contributed by atoms with E-state index in [0.29, 0.717) is 11.6 Å². The molecule has 0 aromatic carbocycles. The Labute approximate surface area is 64.6 Å². The molecule has 1 N–H and O–H groups in total. The first-order valence-electron chi connectivity index (χ1n) is 3.00. The summed E-state index contributed by atoms with van der Waals surface area (Å²) in [5, 5.41) is 9.12. The van der Waals surface area contributed by atoms with Crippen molar-refractivity contribution in [3.8, 4) is 0 Å². The van der Waals surface area contributed by atoms with Crippen LogP contribution in [0.25, 0.3) is 0 Å². The van der Waals surface area contributed by atoms with Gasteiger partial charge in [0.15, 0.2) is 0 Å². The van der Waals surface area contributed by atoms with Gasteiger partial charge in [-0.1, -0.05) is 0 Å². The first kappa shape index (κ1) is 7.35. The zero-order valence-corrected chi connectivity index (χ0v) is 6.47. The van der Waals surface area contributed by atoms with Crippen molar-refractivity contribution in [2.24, 2.45) is 0 Å². The Balaban J connectivity index is 3.07. The molecule has 0 saturated carbocycles. The average molecular weight is 159 g/mol. The topological polar surface area (TPSA) is 24.1 Å². The number of hydrogen-bond donors (Lipinski definition) is 1. The standard InChI is InChI=1S/C7H9ClNO/c1-6-2-3-7(4-8)9(10)5-6/h2-3,5,10H,4H2,1H3/q+1. The summed E-state index contributed by atoms with van der Waals surface area (Å²) in [5.41, 5.74) is 1.71. The quantitative estimate of drug-likeness (QED) is 0.372. The van der Waals surface area contributed by atoms with Crippen LogP contribution >= 0.6 is 11.6 Å². The van der Waals surface area contributed by atoms with Crippen molar-refractivity contribution in [2.45, 2.75) is 12.8 Å². The van der Waals surface area contributed by atoms with Crippen molar-refractivity contribution in [1.29, 1.82) is 0 Å². The van der Waals surface area contributed by atoms with Crippen LogP contribution in [0.3, 0.4) is 0 Å². The smallest absolute Gasteiger partial charge is 0.248 e. The fraction of sp³-hybridized carbons (Fsp3) is 0.286. The van der Waals surface area contributed by atoms with Gasteiger partial charge in [-0.25, -0.2) is 0 Å². The van der Waals surface area contributed by atoms with Gasteiger partial charge in [0.1, 0.15) is 5.88 Å². The predicted octanol–water partition coefficient (Wildman–Crippen LogP) is 1.26. The molecule has 0 spiro atoms. The number of alkyl halides is 1. The summed E-state index contributed by atoms with van der Waals surface area (Å²) < 4.78 is 1.04. The minimum atomic E-state index is 0.330. The highest BCUT2D eigenvalue weighted by Crippen LogP contribution is 1.98. The second-order valence-corrected chi connectivity index (χ2v) is 2.44. The molecule has 0 aliphatic carbocycles. The Morgan fingerprint density at radius 2 is 2.30 bits per heavy atom. The molecular weight excluding hydrogens is 150 g/mol. The molecule has 54 valence electrons. The molecule has 3 heteroatoms. The SMILES string of the molecule is Cc1ccc(CCl)[n+](O)c1. The van der Waals surface area contributed by atoms with Crippen molar-refractivity contribution < 1.29 is 9.94 Å². The normalized spacial score (nSPS) is 9.80. The van der Waals surface area contributed by atoms with E-state index in [-0.39, 0.29) is 0 Å². The Bertz CT molecular complexity index is 237. The zero-order valence-electron chi connectivity index (χ0n) is 5.71. The van der Waals surface area contributed by atoms with Crippen molar-refractivity contribution in [3.63, 3.8) is 0 Å². The summed E-state index contributed by atoms with van der Waals surface area (Å²) in [5.74, 6) is 0.330. The molecule has 0 amide bonds. The van der Waals surface area contributed by atoms with Gasteiger partial charge in [-0.3, -0.25) is 5.21 Å². The Kier molecular flexibility index (Phi) is 2.12. The van der Waals surface area contributed by atoms with Crippen LogP contribution in [-0.2, 0) is 5.88 Å². The first-order valence-corrected chi connectivity index (χ1v) is 3.54. The number of hydrogen-bond acceptors (Lipinski definition) is 1. The molecule has 0 saturated heterocycles. The highest BCUT2D eigenvalue weighted by atomic mass is 35.5. The van der Waals surface area contributed by atoms with E-state index in [1.54, 1.807) is 12.3 Å². The van der Waals surface area contributed by atoms with Crippen molar-refractivity contribution in [3.05, 3.63) is 29.6 Å². The van der Waals surface area contributed by atoms with E-state index in [4.69, 9.17) is 16.8 Å². The van der Waals surface area contributed by atoms with Crippen LogP contribution in [0.1, 0.15) is 11.3 Å². The van der Waals surface area contributed by atoms with E-state index in [1.165, 1.54) is 0 Å². The van der Waals surface area contributed by atoms with Gasteiger partial charge in [0, 0.05) is 16.4 Å². The lowest BCUT2D eigenvalue weighted by Crippen LogP contribution is -2.34. The van der Waals surface area contributed by atoms with Gasteiger partial charge in [0.25, 0.3) is 0 Å². The van der Waals surface area contributed by atoms with E-state index in [1.807, 2.05) is 13.0 Å². The van der Waals surface area contributed by atoms with Crippen LogP contribution < -0.4 is 4.73 Å². The Hall–Kier alpha value is -0.760. The molecule has 0 bridgehead atoms. The van der Waals surface area contributed by atoms with E-state index >= 15 is 0 Å². The van der Waals surface area contributed by atoms with Crippen molar-refractivity contribution >= 4 is 11.6 Å². The second kappa shape index (κ2) is 2.88. The third-order valence-electron chi connectivity index (χ3n) is 1.30. The monoisotopic (exact) mass is 158 g/mol. The molecule has 10 heavy (non-hydrogen) atoms. The van der Waals surface area contributed by atoms with E-state index in [9.17, 15) is 0 Å². The minimum Gasteiger partial charge on any atom is -0.285 e. The van der Waals surface area contributed by atoms with Gasteiger partial charge in [-0.15, -0.1) is 11.6 Å². The number of pyridine rings is 1. The number of halogens is 1. The lowest BCUT2D eigenvalue weighted by Gasteiger charge is -1.91. The fourth-order valence-electron chi connectivity index (χ4n) is 0.729. The molecular formula is C7H9ClNO+. The van der Waals surface area contributed by atoms with Crippen LogP contribution in [0.5, 0.6) is 0 Å². The number of rotatable bonds is 1. The highest BCUT2D eigenvalue weighted by molar-refractivity contribution is 6.16. The van der Waals surface area contributed by atoms with Gasteiger partial charge in [-0.05, 0) is 13.0 Å². The summed E-state index contributed by atoms with van der Waals surface area (Å²) >= 11 is 5.50. The Morgan fingerprint density at radius 1 is 1.60 bits per heavy atom. The molecule has 0 radical (unpaired) electrons. The third-order valence-corrected chi connectivity index (χ3v) is 1.57. The fourth-order valence-corrected chi connectivity index (χ4v) is 0.940. The number of aromatic nitrogens is 1. The molecule has 1 aromatic heterocycles. The van der Waals surface area contributed by atoms with Gasteiger partial charge in [0.05, 0.1) is 0 Å². The maximum Gasteiger partial charge on any atom is 0.248 e. The largest absolute Gasteiger partial charge is 0.285 e. The van der Waals surface area contributed by atoms with Crippen LogP contribution in [0, 0.1) is 6.92 Å². The van der Waals surface area contributed by atoms with Gasteiger partial charge >= 0.3 is 0 Å². The zero-order chi connectivity index (χ0) is 7.56. The Morgan fingerprint density at radius 3 is 2.80 bits per heavy atom. The maximum absolute atomic E-state index is 9.12. The summed E-state index contributed by atoms with van der Waals surface area (Å²) in [6, 6.07) is 3.70. The van der Waals surface area contributed by atoms with Crippen molar-refractivity contribution in [1.82, 2.24) is 0 Å². The predicted molar refractivity (Wildman–Crippen MR) is 38.1 cm³/mol. The van der Waals surface area contributed by atoms with Gasteiger partial charge in [-0.2, -0.15) is 0 Å². The van der Waals surface area contributed by atoms with Gasteiger partial charge < -0.3 is 0 Å². The molecule has 1 heterocycles. The van der Waals surface area contributed by atoms with Crippen molar-refractivity contribution in [2.75, 3.05) is 0 Å².